The number of rotatable bonds is 0. The lowest BCUT2D eigenvalue weighted by atomic mass is 10.1. The van der Waals surface area contributed by atoms with Gasteiger partial charge in [0, 0.05) is 6.92 Å². The molecule has 17 heavy (non-hydrogen) atoms. The fourth-order valence-corrected chi connectivity index (χ4v) is 1.72. The molecule has 1 aromatic carbocycles. The smallest absolute Gasteiger partial charge is 0.416 e. The van der Waals surface area contributed by atoms with Crippen LogP contribution < -0.4 is 9.64 Å². The van der Waals surface area contributed by atoms with Crippen LogP contribution in [0.2, 0.25) is 0 Å². The molecule has 0 spiro atoms. The second kappa shape index (κ2) is 3.94. The van der Waals surface area contributed by atoms with Gasteiger partial charge in [0.05, 0.1) is 17.8 Å². The van der Waals surface area contributed by atoms with E-state index in [1.807, 2.05) is 0 Å². The molecule has 92 valence electrons. The zero-order chi connectivity index (χ0) is 12.6. The normalized spacial score (nSPS) is 15.2. The molecular formula is C11H10F3NO2. The van der Waals surface area contributed by atoms with Crippen molar-refractivity contribution in [3.05, 3.63) is 23.8 Å². The van der Waals surface area contributed by atoms with E-state index in [1.54, 1.807) is 0 Å². The lowest BCUT2D eigenvalue weighted by Crippen LogP contribution is -2.36. The number of ether oxygens (including phenoxy) is 1. The summed E-state index contributed by atoms with van der Waals surface area (Å²) in [6.45, 7) is 1.87. The third-order valence-corrected chi connectivity index (χ3v) is 2.53. The van der Waals surface area contributed by atoms with Gasteiger partial charge >= 0.3 is 6.18 Å². The van der Waals surface area contributed by atoms with Crippen molar-refractivity contribution in [2.75, 3.05) is 18.1 Å². The molecule has 1 aromatic rings. The van der Waals surface area contributed by atoms with Crippen molar-refractivity contribution in [2.45, 2.75) is 13.1 Å². The molecule has 1 amide bonds. The zero-order valence-electron chi connectivity index (χ0n) is 9.04. The number of anilines is 1. The Morgan fingerprint density at radius 1 is 1.41 bits per heavy atom. The van der Waals surface area contributed by atoms with Crippen LogP contribution in [0, 0.1) is 0 Å². The minimum Gasteiger partial charge on any atom is -0.490 e. The van der Waals surface area contributed by atoms with Crippen LogP contribution in [0.25, 0.3) is 0 Å². The number of alkyl halides is 3. The lowest BCUT2D eigenvalue weighted by molar-refractivity contribution is -0.137. The minimum atomic E-state index is -4.42. The largest absolute Gasteiger partial charge is 0.490 e. The van der Waals surface area contributed by atoms with Crippen LogP contribution >= 0.6 is 0 Å². The third kappa shape index (κ3) is 2.20. The zero-order valence-corrected chi connectivity index (χ0v) is 9.04. The average molecular weight is 245 g/mol. The van der Waals surface area contributed by atoms with Crippen LogP contribution in [0.3, 0.4) is 0 Å². The highest BCUT2D eigenvalue weighted by molar-refractivity contribution is 5.93. The van der Waals surface area contributed by atoms with Crippen molar-refractivity contribution in [2.24, 2.45) is 0 Å². The number of fused-ring (bicyclic) bond motifs is 1. The van der Waals surface area contributed by atoms with Crippen molar-refractivity contribution >= 4 is 11.6 Å². The van der Waals surface area contributed by atoms with Crippen LogP contribution in [0.5, 0.6) is 5.75 Å². The van der Waals surface area contributed by atoms with Crippen LogP contribution in [-0.2, 0) is 11.0 Å². The van der Waals surface area contributed by atoms with Crippen LogP contribution in [0.4, 0.5) is 18.9 Å². The molecule has 2 rings (SSSR count). The van der Waals surface area contributed by atoms with Gasteiger partial charge in [-0.2, -0.15) is 13.2 Å². The summed E-state index contributed by atoms with van der Waals surface area (Å²) in [4.78, 5) is 12.6. The van der Waals surface area contributed by atoms with Crippen molar-refractivity contribution < 1.29 is 22.7 Å². The molecule has 0 saturated carbocycles. The highest BCUT2D eigenvalue weighted by Crippen LogP contribution is 2.38. The number of benzene rings is 1. The summed E-state index contributed by atoms with van der Waals surface area (Å²) in [5, 5.41) is 0. The van der Waals surface area contributed by atoms with Crippen molar-refractivity contribution in [1.29, 1.82) is 0 Å². The Bertz CT molecular complexity index is 457. The molecule has 6 heteroatoms. The molecule has 0 aliphatic carbocycles. The van der Waals surface area contributed by atoms with Crippen molar-refractivity contribution in [3.63, 3.8) is 0 Å². The molecule has 1 aliphatic heterocycles. The van der Waals surface area contributed by atoms with Gasteiger partial charge in [0.15, 0.2) is 0 Å². The van der Waals surface area contributed by atoms with Crippen molar-refractivity contribution in [3.8, 4) is 5.75 Å². The Labute approximate surface area is 95.8 Å². The van der Waals surface area contributed by atoms with Gasteiger partial charge in [0.1, 0.15) is 12.4 Å². The predicted octanol–water partition coefficient (Wildman–Crippen LogP) is 2.45. The molecule has 3 nitrogen and oxygen atoms in total. The first kappa shape index (κ1) is 11.8. The lowest BCUT2D eigenvalue weighted by Gasteiger charge is -2.29. The molecule has 1 heterocycles. The van der Waals surface area contributed by atoms with Gasteiger partial charge in [-0.25, -0.2) is 0 Å². The van der Waals surface area contributed by atoms with E-state index >= 15 is 0 Å². The Hall–Kier alpha value is -1.72. The summed E-state index contributed by atoms with van der Waals surface area (Å²) in [7, 11) is 0. The highest BCUT2D eigenvalue weighted by atomic mass is 19.4. The fraction of sp³-hybridized carbons (Fsp3) is 0.364. The van der Waals surface area contributed by atoms with Gasteiger partial charge in [0.2, 0.25) is 5.91 Å². The molecule has 0 unspecified atom stereocenters. The number of hydrogen-bond acceptors (Lipinski definition) is 2. The summed E-state index contributed by atoms with van der Waals surface area (Å²) in [6.07, 6.45) is -4.42. The molecule has 0 radical (unpaired) electrons. The topological polar surface area (TPSA) is 29.5 Å². The first-order chi connectivity index (χ1) is 7.89. The molecule has 1 aliphatic rings. The molecule has 0 N–H and O–H groups in total. The standard InChI is InChI=1S/C11H10F3NO2/c1-7(16)15-4-5-17-10-3-2-8(6-9(10)15)11(12,13)14/h2-3,6H,4-5H2,1H3. The molecule has 0 bridgehead atoms. The van der Waals surface area contributed by atoms with E-state index < -0.39 is 11.7 Å². The number of amides is 1. The van der Waals surface area contributed by atoms with E-state index in [-0.39, 0.29) is 24.7 Å². The summed E-state index contributed by atoms with van der Waals surface area (Å²) < 4.78 is 42.8. The third-order valence-electron chi connectivity index (χ3n) is 2.53. The van der Waals surface area contributed by atoms with E-state index in [0.717, 1.165) is 12.1 Å². The Morgan fingerprint density at radius 2 is 2.12 bits per heavy atom. The van der Waals surface area contributed by atoms with E-state index in [2.05, 4.69) is 0 Å². The maximum absolute atomic E-state index is 12.5. The maximum Gasteiger partial charge on any atom is 0.416 e. The molecule has 0 atom stereocenters. The minimum absolute atomic E-state index is 0.179. The number of nitrogens with zero attached hydrogens (tertiary/aromatic N) is 1. The average Bonchev–Trinajstić information content (AvgIpc) is 2.26. The number of carbonyl (C=O) groups is 1. The highest BCUT2D eigenvalue weighted by Gasteiger charge is 2.33. The quantitative estimate of drug-likeness (QED) is 0.702. The van der Waals surface area contributed by atoms with Gasteiger partial charge in [-0.05, 0) is 18.2 Å². The van der Waals surface area contributed by atoms with E-state index in [9.17, 15) is 18.0 Å². The SMILES string of the molecule is CC(=O)N1CCOc2ccc(C(F)(F)F)cc21. The number of halogens is 3. The first-order valence-corrected chi connectivity index (χ1v) is 5.02. The van der Waals surface area contributed by atoms with Gasteiger partial charge in [-0.1, -0.05) is 0 Å². The Balaban J connectivity index is 2.48. The first-order valence-electron chi connectivity index (χ1n) is 5.02. The fourth-order valence-electron chi connectivity index (χ4n) is 1.72. The monoisotopic (exact) mass is 245 g/mol. The van der Waals surface area contributed by atoms with Crippen molar-refractivity contribution in [1.82, 2.24) is 0 Å². The number of carbonyl (C=O) groups excluding carboxylic acids is 1. The van der Waals surface area contributed by atoms with E-state index in [4.69, 9.17) is 4.74 Å². The summed E-state index contributed by atoms with van der Waals surface area (Å²) in [5.41, 5.74) is -0.605. The van der Waals surface area contributed by atoms with Crippen LogP contribution in [-0.4, -0.2) is 19.1 Å². The van der Waals surface area contributed by atoms with E-state index in [0.29, 0.717) is 5.75 Å². The number of hydrogen-bond donors (Lipinski definition) is 0. The summed E-state index contributed by atoms with van der Waals surface area (Å²) in [6, 6.07) is 3.13. The predicted molar refractivity (Wildman–Crippen MR) is 55.0 cm³/mol. The van der Waals surface area contributed by atoms with Gasteiger partial charge in [0.25, 0.3) is 0 Å². The maximum atomic E-state index is 12.5. The molecule has 0 aromatic heterocycles. The molecular weight excluding hydrogens is 235 g/mol. The summed E-state index contributed by atoms with van der Waals surface area (Å²) in [5.74, 6) is 0.00771. The van der Waals surface area contributed by atoms with E-state index in [1.165, 1.54) is 17.9 Å². The molecule has 0 saturated heterocycles. The molecule has 0 fully saturated rings. The van der Waals surface area contributed by atoms with Gasteiger partial charge < -0.3 is 9.64 Å². The second-order valence-corrected chi connectivity index (χ2v) is 3.70. The Kier molecular flexibility index (Phi) is 2.73. The van der Waals surface area contributed by atoms with Gasteiger partial charge in [-0.3, -0.25) is 4.79 Å². The second-order valence-electron chi connectivity index (χ2n) is 3.70. The van der Waals surface area contributed by atoms with Crippen LogP contribution in [0.1, 0.15) is 12.5 Å². The summed E-state index contributed by atoms with van der Waals surface area (Å²) >= 11 is 0. The van der Waals surface area contributed by atoms with Crippen LogP contribution in [0.15, 0.2) is 18.2 Å². The Morgan fingerprint density at radius 3 is 2.71 bits per heavy atom. The van der Waals surface area contributed by atoms with Gasteiger partial charge in [-0.15, -0.1) is 0 Å².